The Morgan fingerprint density at radius 2 is 2.30 bits per heavy atom. The van der Waals surface area contributed by atoms with E-state index in [0.29, 0.717) is 13.1 Å². The summed E-state index contributed by atoms with van der Waals surface area (Å²) in [5, 5.41) is 0. The number of benzene rings is 1. The average molecular weight is 280 g/mol. The van der Waals surface area contributed by atoms with Crippen molar-refractivity contribution in [1.29, 1.82) is 0 Å². The van der Waals surface area contributed by atoms with E-state index in [1.807, 2.05) is 11.0 Å². The molecule has 1 atom stereocenters. The van der Waals surface area contributed by atoms with Gasteiger partial charge >= 0.3 is 0 Å². The van der Waals surface area contributed by atoms with Gasteiger partial charge in [-0.2, -0.15) is 0 Å². The van der Waals surface area contributed by atoms with Crippen molar-refractivity contribution in [2.24, 2.45) is 5.73 Å². The van der Waals surface area contributed by atoms with Crippen molar-refractivity contribution in [2.75, 3.05) is 13.7 Å². The van der Waals surface area contributed by atoms with Crippen molar-refractivity contribution in [3.05, 3.63) is 35.6 Å². The zero-order valence-electron chi connectivity index (χ0n) is 11.7. The van der Waals surface area contributed by atoms with Gasteiger partial charge in [-0.25, -0.2) is 4.39 Å². The van der Waals surface area contributed by atoms with Gasteiger partial charge < -0.3 is 15.4 Å². The minimum Gasteiger partial charge on any atom is -0.380 e. The summed E-state index contributed by atoms with van der Waals surface area (Å²) < 4.78 is 18.4. The molecule has 0 saturated heterocycles. The molecule has 0 radical (unpaired) electrons. The third-order valence-corrected chi connectivity index (χ3v) is 3.55. The van der Waals surface area contributed by atoms with Crippen LogP contribution in [0.2, 0.25) is 0 Å². The fraction of sp³-hybridized carbons (Fsp3) is 0.533. The SMILES string of the molecule is COC(CN)CC(=O)N(Cc1cccc(F)c1)C1CC1. The molecule has 1 aliphatic rings. The van der Waals surface area contributed by atoms with E-state index in [1.165, 1.54) is 12.1 Å². The molecule has 1 saturated carbocycles. The third-order valence-electron chi connectivity index (χ3n) is 3.55. The maximum absolute atomic E-state index is 13.2. The number of rotatable bonds is 7. The summed E-state index contributed by atoms with van der Waals surface area (Å²) in [7, 11) is 1.55. The molecular weight excluding hydrogens is 259 g/mol. The number of nitrogens with two attached hydrogens (primary N) is 1. The van der Waals surface area contributed by atoms with E-state index >= 15 is 0 Å². The van der Waals surface area contributed by atoms with Gasteiger partial charge in [0.05, 0.1) is 12.5 Å². The van der Waals surface area contributed by atoms with Crippen LogP contribution in [-0.2, 0) is 16.1 Å². The first-order chi connectivity index (χ1) is 9.63. The van der Waals surface area contributed by atoms with Crippen LogP contribution >= 0.6 is 0 Å². The Bertz CT molecular complexity index is 459. The molecule has 0 aliphatic heterocycles. The van der Waals surface area contributed by atoms with E-state index in [4.69, 9.17) is 10.5 Å². The second-order valence-electron chi connectivity index (χ2n) is 5.18. The van der Waals surface area contributed by atoms with Gasteiger partial charge in [0, 0.05) is 26.2 Å². The van der Waals surface area contributed by atoms with Crippen LogP contribution in [0.3, 0.4) is 0 Å². The summed E-state index contributed by atoms with van der Waals surface area (Å²) in [4.78, 5) is 14.2. The van der Waals surface area contributed by atoms with Gasteiger partial charge in [0.15, 0.2) is 0 Å². The van der Waals surface area contributed by atoms with Gasteiger partial charge in [0.2, 0.25) is 5.91 Å². The zero-order valence-corrected chi connectivity index (χ0v) is 11.7. The number of nitrogens with zero attached hydrogens (tertiary/aromatic N) is 1. The van der Waals surface area contributed by atoms with Crippen LogP contribution in [0.5, 0.6) is 0 Å². The first-order valence-electron chi connectivity index (χ1n) is 6.90. The van der Waals surface area contributed by atoms with Crippen molar-refractivity contribution in [1.82, 2.24) is 4.90 Å². The standard InChI is InChI=1S/C15H21FN2O2/c1-20-14(9-17)8-15(19)18(13-5-6-13)10-11-3-2-4-12(16)7-11/h2-4,7,13-14H,5-6,8-10,17H2,1H3. The summed E-state index contributed by atoms with van der Waals surface area (Å²) in [6.07, 6.45) is 2.05. The Kier molecular flexibility index (Phi) is 5.09. The topological polar surface area (TPSA) is 55.6 Å². The molecule has 1 fully saturated rings. The van der Waals surface area contributed by atoms with E-state index < -0.39 is 0 Å². The van der Waals surface area contributed by atoms with Crippen molar-refractivity contribution in [2.45, 2.75) is 38.0 Å². The predicted molar refractivity (Wildman–Crippen MR) is 74.4 cm³/mol. The molecule has 1 unspecified atom stereocenters. The second kappa shape index (κ2) is 6.81. The number of amides is 1. The molecule has 1 amide bonds. The monoisotopic (exact) mass is 280 g/mol. The Balaban J connectivity index is 2.01. The molecule has 2 N–H and O–H groups in total. The van der Waals surface area contributed by atoms with Crippen LogP contribution < -0.4 is 5.73 Å². The molecule has 0 aromatic heterocycles. The lowest BCUT2D eigenvalue weighted by Gasteiger charge is -2.24. The smallest absolute Gasteiger partial charge is 0.225 e. The molecule has 1 aromatic rings. The maximum atomic E-state index is 13.2. The molecule has 0 bridgehead atoms. The van der Waals surface area contributed by atoms with Gasteiger partial charge in [0.25, 0.3) is 0 Å². The number of carbonyl (C=O) groups is 1. The first kappa shape index (κ1) is 14.9. The van der Waals surface area contributed by atoms with Gasteiger partial charge in [-0.1, -0.05) is 12.1 Å². The molecule has 2 rings (SSSR count). The molecule has 1 aliphatic carbocycles. The third kappa shape index (κ3) is 4.02. The van der Waals surface area contributed by atoms with E-state index in [-0.39, 0.29) is 30.3 Å². The van der Waals surface area contributed by atoms with Crippen molar-refractivity contribution >= 4 is 5.91 Å². The fourth-order valence-electron chi connectivity index (χ4n) is 2.21. The van der Waals surface area contributed by atoms with E-state index in [9.17, 15) is 9.18 Å². The summed E-state index contributed by atoms with van der Waals surface area (Å²) in [6.45, 7) is 0.767. The normalized spacial score (nSPS) is 15.9. The predicted octanol–water partition coefficient (Wildman–Crippen LogP) is 1.68. The van der Waals surface area contributed by atoms with Gasteiger partial charge in [-0.3, -0.25) is 4.79 Å². The molecule has 5 heteroatoms. The largest absolute Gasteiger partial charge is 0.380 e. The summed E-state index contributed by atoms with van der Waals surface area (Å²) >= 11 is 0. The summed E-state index contributed by atoms with van der Waals surface area (Å²) in [6, 6.07) is 6.66. The molecule has 110 valence electrons. The summed E-state index contributed by atoms with van der Waals surface area (Å²) in [5.74, 6) is -0.253. The molecule has 4 nitrogen and oxygen atoms in total. The number of hydrogen-bond acceptors (Lipinski definition) is 3. The number of ether oxygens (including phenoxy) is 1. The number of hydrogen-bond donors (Lipinski definition) is 1. The van der Waals surface area contributed by atoms with Crippen LogP contribution in [0.15, 0.2) is 24.3 Å². The molecule has 1 aromatic carbocycles. The fourth-order valence-corrected chi connectivity index (χ4v) is 2.21. The van der Waals surface area contributed by atoms with Gasteiger partial charge in [0.1, 0.15) is 5.82 Å². The van der Waals surface area contributed by atoms with Crippen molar-refractivity contribution < 1.29 is 13.9 Å². The molecule has 0 heterocycles. The highest BCUT2D eigenvalue weighted by Gasteiger charge is 2.33. The number of halogens is 1. The average Bonchev–Trinajstić information content (AvgIpc) is 3.26. The maximum Gasteiger partial charge on any atom is 0.225 e. The van der Waals surface area contributed by atoms with E-state index in [1.54, 1.807) is 13.2 Å². The molecule has 0 spiro atoms. The van der Waals surface area contributed by atoms with Crippen molar-refractivity contribution in [3.8, 4) is 0 Å². The Labute approximate surface area is 118 Å². The Morgan fingerprint density at radius 3 is 2.85 bits per heavy atom. The number of methoxy groups -OCH3 is 1. The lowest BCUT2D eigenvalue weighted by Crippen LogP contribution is -2.37. The lowest BCUT2D eigenvalue weighted by molar-refractivity contribution is -0.134. The van der Waals surface area contributed by atoms with Gasteiger partial charge in [-0.05, 0) is 30.5 Å². The minimum absolute atomic E-state index is 0.0223. The van der Waals surface area contributed by atoms with Gasteiger partial charge in [-0.15, -0.1) is 0 Å². The van der Waals surface area contributed by atoms with Crippen LogP contribution in [0.25, 0.3) is 0 Å². The highest BCUT2D eigenvalue weighted by Crippen LogP contribution is 2.29. The Morgan fingerprint density at radius 1 is 1.55 bits per heavy atom. The quantitative estimate of drug-likeness (QED) is 0.826. The van der Waals surface area contributed by atoms with Crippen LogP contribution in [0.1, 0.15) is 24.8 Å². The molecule has 20 heavy (non-hydrogen) atoms. The molecular formula is C15H21FN2O2. The summed E-state index contributed by atoms with van der Waals surface area (Å²) in [5.41, 5.74) is 6.36. The van der Waals surface area contributed by atoms with E-state index in [2.05, 4.69) is 0 Å². The highest BCUT2D eigenvalue weighted by atomic mass is 19.1. The second-order valence-corrected chi connectivity index (χ2v) is 5.18. The first-order valence-corrected chi connectivity index (χ1v) is 6.90. The van der Waals surface area contributed by atoms with Crippen LogP contribution in [-0.4, -0.2) is 36.6 Å². The van der Waals surface area contributed by atoms with Crippen LogP contribution in [0, 0.1) is 5.82 Å². The van der Waals surface area contributed by atoms with E-state index in [0.717, 1.165) is 18.4 Å². The number of carbonyl (C=O) groups excluding carboxylic acids is 1. The van der Waals surface area contributed by atoms with Crippen LogP contribution in [0.4, 0.5) is 4.39 Å². The van der Waals surface area contributed by atoms with Crippen molar-refractivity contribution in [3.63, 3.8) is 0 Å². The zero-order chi connectivity index (χ0) is 14.5. The minimum atomic E-state index is -0.276. The Hall–Kier alpha value is -1.46. The highest BCUT2D eigenvalue weighted by molar-refractivity contribution is 5.77. The lowest BCUT2D eigenvalue weighted by atomic mass is 10.1.